The van der Waals surface area contributed by atoms with Crippen molar-refractivity contribution in [3.63, 3.8) is 0 Å². The highest BCUT2D eigenvalue weighted by Gasteiger charge is 2.70. The monoisotopic (exact) mass is 596 g/mol. The Morgan fingerprint density at radius 3 is 2.07 bits per heavy atom. The zero-order valence-corrected chi connectivity index (χ0v) is 26.0. The predicted octanol–water partition coefficient (Wildman–Crippen LogP) is 4.04. The molecule has 0 saturated carbocycles. The normalized spacial score (nSPS) is 27.8. The molecule has 2 fully saturated rings. The molecule has 41 heavy (non-hydrogen) atoms. The Morgan fingerprint density at radius 2 is 1.56 bits per heavy atom. The second-order valence-electron chi connectivity index (χ2n) is 12.4. The van der Waals surface area contributed by atoms with Crippen LogP contribution in [0.25, 0.3) is 0 Å². The molecule has 0 spiro atoms. The predicted molar refractivity (Wildman–Crippen MR) is 161 cm³/mol. The molecule has 1 N–H and O–H groups in total. The summed E-state index contributed by atoms with van der Waals surface area (Å²) in [5, 5.41) is 1.94. The number of aromatic amines is 1. The Labute approximate surface area is 246 Å². The first-order valence-electron chi connectivity index (χ1n) is 13.7. The number of halogens is 1. The lowest BCUT2D eigenvalue weighted by Crippen LogP contribution is -2.68. The smallest absolute Gasteiger partial charge is 0.330 e. The fraction of sp³-hybridized carbons (Fsp3) is 0.419. The van der Waals surface area contributed by atoms with Crippen molar-refractivity contribution in [1.29, 1.82) is 0 Å². The maximum Gasteiger partial charge on any atom is 0.330 e. The van der Waals surface area contributed by atoms with Crippen LogP contribution in [0.3, 0.4) is 0 Å². The topological polar surface area (TPSA) is 91.8 Å². The Morgan fingerprint density at radius 1 is 0.976 bits per heavy atom. The number of H-pyrrole nitrogens is 1. The van der Waals surface area contributed by atoms with E-state index in [-0.39, 0.29) is 11.6 Å². The van der Waals surface area contributed by atoms with Crippen molar-refractivity contribution in [2.45, 2.75) is 75.9 Å². The molecule has 4 atom stereocenters. The van der Waals surface area contributed by atoms with Crippen LogP contribution in [0.5, 0.6) is 0 Å². The van der Waals surface area contributed by atoms with Crippen molar-refractivity contribution in [3.8, 4) is 0 Å². The van der Waals surface area contributed by atoms with Crippen LogP contribution in [-0.2, 0) is 18.6 Å². The quantitative estimate of drug-likeness (QED) is 0.414. The number of hydrogen-bond donors (Lipinski definition) is 1. The highest BCUT2D eigenvalue weighted by atomic mass is 35.5. The summed E-state index contributed by atoms with van der Waals surface area (Å²) >= 11 is 6.28. The summed E-state index contributed by atoms with van der Waals surface area (Å²) in [5.41, 5.74) is -2.10. The first kappa shape index (κ1) is 29.7. The van der Waals surface area contributed by atoms with Crippen molar-refractivity contribution < 1.29 is 18.6 Å². The Bertz CT molecular complexity index is 1490. The molecule has 1 aromatic heterocycles. The number of fused-ring (bicyclic) bond motifs is 1. The summed E-state index contributed by atoms with van der Waals surface area (Å²) in [7, 11) is -2.99. The van der Waals surface area contributed by atoms with Gasteiger partial charge in [-0.3, -0.25) is 14.3 Å². The summed E-state index contributed by atoms with van der Waals surface area (Å²) in [6.07, 6.45) is 1.47. The van der Waals surface area contributed by atoms with Gasteiger partial charge < -0.3 is 18.6 Å². The molecule has 218 valence electrons. The van der Waals surface area contributed by atoms with E-state index in [9.17, 15) is 9.59 Å². The number of nitrogens with zero attached hydrogens (tertiary/aromatic N) is 1. The summed E-state index contributed by atoms with van der Waals surface area (Å²) in [6.45, 7) is 12.2. The maximum absolute atomic E-state index is 13.0. The minimum absolute atomic E-state index is 0.0673. The van der Waals surface area contributed by atoms with Gasteiger partial charge in [0.15, 0.2) is 12.0 Å². The number of rotatable bonds is 7. The number of ether oxygens (including phenoxy) is 3. The van der Waals surface area contributed by atoms with Crippen LogP contribution < -0.4 is 21.6 Å². The van der Waals surface area contributed by atoms with E-state index in [2.05, 4.69) is 50.0 Å². The van der Waals surface area contributed by atoms with Gasteiger partial charge in [0.05, 0.1) is 6.61 Å². The van der Waals surface area contributed by atoms with Crippen molar-refractivity contribution in [3.05, 3.63) is 105 Å². The van der Waals surface area contributed by atoms with Crippen LogP contribution in [0, 0.1) is 0 Å². The molecule has 3 heterocycles. The van der Waals surface area contributed by atoms with Gasteiger partial charge in [-0.15, -0.1) is 0 Å². The van der Waals surface area contributed by atoms with E-state index in [1.807, 2.05) is 57.2 Å². The molecule has 8 nitrogen and oxygen atoms in total. The van der Waals surface area contributed by atoms with E-state index >= 15 is 0 Å². The summed E-state index contributed by atoms with van der Waals surface area (Å²) in [4.78, 5) is 27.2. The Hall–Kier alpha value is -2.79. The molecular weight excluding hydrogens is 560 g/mol. The number of aromatic nitrogens is 2. The third-order valence-electron chi connectivity index (χ3n) is 8.03. The van der Waals surface area contributed by atoms with E-state index in [0.717, 1.165) is 10.4 Å². The van der Waals surface area contributed by atoms with Gasteiger partial charge in [-0.25, -0.2) is 4.79 Å². The van der Waals surface area contributed by atoms with Gasteiger partial charge in [-0.1, -0.05) is 93.0 Å². The first-order chi connectivity index (χ1) is 19.3. The second-order valence-corrected chi connectivity index (χ2v) is 16.9. The van der Waals surface area contributed by atoms with E-state index in [4.69, 9.17) is 30.2 Å². The number of nitrogens with one attached hydrogen (secondary N) is 1. The lowest BCUT2D eigenvalue weighted by Gasteiger charge is -2.45. The maximum atomic E-state index is 13.0. The van der Waals surface area contributed by atoms with Crippen molar-refractivity contribution in [1.82, 2.24) is 9.55 Å². The summed E-state index contributed by atoms with van der Waals surface area (Å²) < 4.78 is 28.3. The van der Waals surface area contributed by atoms with Gasteiger partial charge in [-0.05, 0) is 42.3 Å². The molecule has 0 bridgehead atoms. The van der Waals surface area contributed by atoms with E-state index < -0.39 is 48.9 Å². The minimum Gasteiger partial charge on any atom is -0.404 e. The molecule has 2 saturated heterocycles. The van der Waals surface area contributed by atoms with Gasteiger partial charge in [0, 0.05) is 17.8 Å². The molecule has 2 aliphatic heterocycles. The van der Waals surface area contributed by atoms with Gasteiger partial charge in [0.1, 0.15) is 17.3 Å². The van der Waals surface area contributed by atoms with Crippen LogP contribution in [0.1, 0.15) is 47.8 Å². The summed E-state index contributed by atoms with van der Waals surface area (Å²) in [6, 6.07) is 21.9. The summed E-state index contributed by atoms with van der Waals surface area (Å²) in [5.74, 6) is -0.990. The zero-order chi connectivity index (χ0) is 29.7. The molecule has 2 aliphatic rings. The average molecular weight is 597 g/mol. The van der Waals surface area contributed by atoms with Crippen LogP contribution in [-0.4, -0.2) is 47.6 Å². The van der Waals surface area contributed by atoms with Gasteiger partial charge >= 0.3 is 5.69 Å². The Kier molecular flexibility index (Phi) is 7.59. The van der Waals surface area contributed by atoms with Crippen molar-refractivity contribution in [2.75, 3.05) is 6.61 Å². The third-order valence-corrected chi connectivity index (χ3v) is 13.1. The highest BCUT2D eigenvalue weighted by molar-refractivity contribution is 6.99. The minimum atomic E-state index is -2.99. The van der Waals surface area contributed by atoms with Gasteiger partial charge in [-0.2, -0.15) is 0 Å². The van der Waals surface area contributed by atoms with Crippen LogP contribution in [0.2, 0.25) is 5.04 Å². The Balaban J connectivity index is 1.67. The van der Waals surface area contributed by atoms with Gasteiger partial charge in [0.2, 0.25) is 0 Å². The number of benzene rings is 2. The van der Waals surface area contributed by atoms with E-state index in [0.29, 0.717) is 0 Å². The third kappa shape index (κ3) is 4.98. The molecule has 2 aromatic carbocycles. The van der Waals surface area contributed by atoms with Crippen LogP contribution >= 0.6 is 11.6 Å². The van der Waals surface area contributed by atoms with Crippen molar-refractivity contribution in [2.24, 2.45) is 0 Å². The molecule has 0 amide bonds. The van der Waals surface area contributed by atoms with Crippen LogP contribution in [0.15, 0.2) is 94.1 Å². The van der Waals surface area contributed by atoms with E-state index in [1.165, 1.54) is 22.4 Å². The van der Waals surface area contributed by atoms with Crippen LogP contribution in [0.4, 0.5) is 0 Å². The fourth-order valence-electron chi connectivity index (χ4n) is 6.48. The highest BCUT2D eigenvalue weighted by Crippen LogP contribution is 2.55. The molecule has 0 unspecified atom stereocenters. The first-order valence-corrected chi connectivity index (χ1v) is 16.0. The molecular formula is C31H37ClN2O6Si. The number of hydrogen-bond acceptors (Lipinski definition) is 6. The molecule has 5 rings (SSSR count). The second kappa shape index (κ2) is 10.5. The lowest BCUT2D eigenvalue weighted by molar-refractivity contribution is -0.230. The largest absolute Gasteiger partial charge is 0.404 e. The lowest BCUT2D eigenvalue weighted by atomic mass is 9.88. The molecule has 3 aromatic rings. The van der Waals surface area contributed by atoms with Crippen molar-refractivity contribution >= 4 is 30.3 Å². The molecule has 0 aliphatic carbocycles. The zero-order valence-electron chi connectivity index (χ0n) is 24.2. The fourth-order valence-corrected chi connectivity index (χ4v) is 11.3. The molecule has 10 heteroatoms. The van der Waals surface area contributed by atoms with Gasteiger partial charge in [0.25, 0.3) is 13.9 Å². The standard InChI is InChI=1S/C31H37ClN2O6Si/c1-28(2,3)41(22-13-9-7-10-14-22,23-15-11-8-12-16-23)37-21-31(18-19-32)25-30(6,40-29(4,5)38-25)26(39-31)34-20-17-24(35)33-27(34)36/h7-20,25-26H,21H2,1-6H3,(H,33,35,36)/b19-18+/t25-,26+,30+,31+/m0/s1. The molecule has 0 radical (unpaired) electrons. The SMILES string of the molecule is CC1(C)O[C@H]2[C@@](C)(O1)[C@H](n1ccc(=O)[nH]c1=O)O[C@]2(/C=C/Cl)CO[Si](c1ccccc1)(c1ccccc1)C(C)(C)C. The van der Waals surface area contributed by atoms with E-state index in [1.54, 1.807) is 6.08 Å². The average Bonchev–Trinajstić information content (AvgIpc) is 3.29.